The Morgan fingerprint density at radius 1 is 1.33 bits per heavy atom. The zero-order valence-electron chi connectivity index (χ0n) is 19.2. The number of hydrogen-bond acceptors (Lipinski definition) is 5. The van der Waals surface area contributed by atoms with Crippen LogP contribution in [0.25, 0.3) is 11.1 Å². The van der Waals surface area contributed by atoms with Crippen molar-refractivity contribution in [2.45, 2.75) is 38.8 Å². The first kappa shape index (κ1) is 23.2. The molecule has 8 heteroatoms. The molecule has 3 atom stereocenters. The molecule has 2 amide bonds. The number of nitrogens with zero attached hydrogens (tertiary/aromatic N) is 3. The summed E-state index contributed by atoms with van der Waals surface area (Å²) >= 11 is 0. The van der Waals surface area contributed by atoms with Crippen molar-refractivity contribution in [1.82, 2.24) is 14.8 Å². The largest absolute Gasteiger partial charge is 0.472 e. The van der Waals surface area contributed by atoms with Crippen molar-refractivity contribution in [3.8, 4) is 17.0 Å². The predicted molar refractivity (Wildman–Crippen MR) is 121 cm³/mol. The van der Waals surface area contributed by atoms with Crippen molar-refractivity contribution in [3.05, 3.63) is 47.9 Å². The Morgan fingerprint density at radius 3 is 2.76 bits per heavy atom. The first-order chi connectivity index (χ1) is 15.8. The average Bonchev–Trinajstić information content (AvgIpc) is 3.65. The third kappa shape index (κ3) is 5.00. The molecule has 1 saturated carbocycles. The first-order valence-corrected chi connectivity index (χ1v) is 11.4. The van der Waals surface area contributed by atoms with Crippen LogP contribution in [0.4, 0.5) is 4.39 Å². The summed E-state index contributed by atoms with van der Waals surface area (Å²) < 4.78 is 20.0. The molecule has 0 spiro atoms. The van der Waals surface area contributed by atoms with Gasteiger partial charge in [0.05, 0.1) is 19.2 Å². The van der Waals surface area contributed by atoms with Crippen molar-refractivity contribution >= 4 is 11.8 Å². The third-order valence-corrected chi connectivity index (χ3v) is 6.44. The van der Waals surface area contributed by atoms with E-state index in [1.807, 2.05) is 6.92 Å². The van der Waals surface area contributed by atoms with Gasteiger partial charge in [0.25, 0.3) is 5.91 Å². The Balaban J connectivity index is 1.70. The number of ether oxygens (including phenoxy) is 1. The number of amides is 2. The highest BCUT2D eigenvalue weighted by Gasteiger charge is 2.37. The molecule has 33 heavy (non-hydrogen) atoms. The summed E-state index contributed by atoms with van der Waals surface area (Å²) in [5, 5.41) is 9.78. The number of benzene rings is 1. The maximum Gasteiger partial charge on any atom is 0.259 e. The lowest BCUT2D eigenvalue weighted by Crippen LogP contribution is -2.50. The molecule has 1 fully saturated rings. The molecule has 0 saturated heterocycles. The maximum absolute atomic E-state index is 13.8. The van der Waals surface area contributed by atoms with Gasteiger partial charge >= 0.3 is 0 Å². The number of halogens is 1. The minimum atomic E-state index is -0.407. The van der Waals surface area contributed by atoms with Crippen molar-refractivity contribution in [1.29, 1.82) is 0 Å². The predicted octanol–water partition coefficient (Wildman–Crippen LogP) is 2.98. The molecule has 0 bridgehead atoms. The van der Waals surface area contributed by atoms with Crippen LogP contribution in [-0.4, -0.2) is 70.6 Å². The lowest BCUT2D eigenvalue weighted by molar-refractivity contribution is -0.132. The lowest BCUT2D eigenvalue weighted by Gasteiger charge is -2.37. The Hall–Kier alpha value is -3.00. The summed E-state index contributed by atoms with van der Waals surface area (Å²) in [6.07, 6.45) is 3.02. The second-order valence-corrected chi connectivity index (χ2v) is 9.20. The quantitative estimate of drug-likeness (QED) is 0.724. The summed E-state index contributed by atoms with van der Waals surface area (Å²) in [6.45, 7) is 4.31. The Kier molecular flexibility index (Phi) is 6.65. The zero-order valence-corrected chi connectivity index (χ0v) is 19.2. The highest BCUT2D eigenvalue weighted by molar-refractivity contribution is 5.98. The molecule has 7 nitrogen and oxygen atoms in total. The van der Waals surface area contributed by atoms with Gasteiger partial charge in [0.1, 0.15) is 17.5 Å². The number of aliphatic hydroxyl groups excluding tert-OH is 1. The number of fused-ring (bicyclic) bond motifs is 1. The molecule has 1 aliphatic carbocycles. The van der Waals surface area contributed by atoms with Crippen molar-refractivity contribution < 1.29 is 23.8 Å². The zero-order chi connectivity index (χ0) is 23.7. The maximum atomic E-state index is 13.8. The van der Waals surface area contributed by atoms with E-state index in [1.165, 1.54) is 12.1 Å². The van der Waals surface area contributed by atoms with E-state index in [2.05, 4.69) is 4.98 Å². The second kappa shape index (κ2) is 9.47. The molecule has 2 aromatic rings. The van der Waals surface area contributed by atoms with E-state index in [0.29, 0.717) is 24.2 Å². The number of aliphatic hydroxyl groups is 1. The highest BCUT2D eigenvalue weighted by Crippen LogP contribution is 2.33. The van der Waals surface area contributed by atoms with Crippen LogP contribution in [0.3, 0.4) is 0 Å². The number of likely N-dealkylation sites (N-methyl/N-ethyl adjacent to an activating group) is 1. The number of carbonyl (C=O) groups excluding carboxylic acids is 2. The SMILES string of the molecule is C[C@H]1CN([C@@H](C)CO)C(=O)c2cc(-c3cccc(F)c3)cnc2O[C@H]1CN(C)C(=O)C1CC1. The molecule has 4 rings (SSSR count). The molecule has 1 aromatic heterocycles. The smallest absolute Gasteiger partial charge is 0.259 e. The molecular formula is C25H30FN3O4. The molecule has 2 aliphatic rings. The van der Waals surface area contributed by atoms with Gasteiger partial charge in [0, 0.05) is 37.2 Å². The number of aromatic nitrogens is 1. The van der Waals surface area contributed by atoms with Crippen LogP contribution in [0, 0.1) is 17.7 Å². The Bertz CT molecular complexity index is 1040. The van der Waals surface area contributed by atoms with Gasteiger partial charge in [-0.05, 0) is 43.5 Å². The van der Waals surface area contributed by atoms with Crippen LogP contribution < -0.4 is 4.74 Å². The van der Waals surface area contributed by atoms with E-state index in [9.17, 15) is 19.1 Å². The van der Waals surface area contributed by atoms with Gasteiger partial charge in [0.15, 0.2) is 0 Å². The van der Waals surface area contributed by atoms with Crippen LogP contribution in [0.5, 0.6) is 5.88 Å². The van der Waals surface area contributed by atoms with Crippen molar-refractivity contribution in [2.24, 2.45) is 11.8 Å². The summed E-state index contributed by atoms with van der Waals surface area (Å²) in [7, 11) is 1.77. The summed E-state index contributed by atoms with van der Waals surface area (Å²) in [4.78, 5) is 33.7. The molecule has 0 unspecified atom stereocenters. The average molecular weight is 456 g/mol. The summed E-state index contributed by atoms with van der Waals surface area (Å²) in [6, 6.07) is 7.34. The summed E-state index contributed by atoms with van der Waals surface area (Å²) in [5.41, 5.74) is 1.44. The van der Waals surface area contributed by atoms with Gasteiger partial charge in [-0.3, -0.25) is 9.59 Å². The highest BCUT2D eigenvalue weighted by atomic mass is 19.1. The minimum absolute atomic E-state index is 0.102. The molecular weight excluding hydrogens is 425 g/mol. The number of carbonyl (C=O) groups is 2. The fourth-order valence-corrected chi connectivity index (χ4v) is 4.15. The standard InChI is InChI=1S/C25H30FN3O4/c1-15-12-29(16(2)14-30)25(32)21-10-19(18-5-4-6-20(26)9-18)11-27-23(21)33-22(15)13-28(3)24(31)17-7-8-17/h4-6,9-11,15-17,22,30H,7-8,12-14H2,1-3H3/t15-,16-,22-/m0/s1. The topological polar surface area (TPSA) is 83.0 Å². The molecule has 2 heterocycles. The normalized spacial score (nSPS) is 21.5. The van der Waals surface area contributed by atoms with Crippen LogP contribution in [-0.2, 0) is 4.79 Å². The van der Waals surface area contributed by atoms with Crippen molar-refractivity contribution in [2.75, 3.05) is 26.7 Å². The van der Waals surface area contributed by atoms with Crippen LogP contribution in [0.15, 0.2) is 36.5 Å². The fourth-order valence-electron chi connectivity index (χ4n) is 4.15. The lowest BCUT2D eigenvalue weighted by atomic mass is 9.99. The molecule has 1 N–H and O–H groups in total. The van der Waals surface area contributed by atoms with Gasteiger partial charge in [-0.15, -0.1) is 0 Å². The van der Waals surface area contributed by atoms with E-state index in [0.717, 1.165) is 12.8 Å². The first-order valence-electron chi connectivity index (χ1n) is 11.4. The number of hydrogen-bond donors (Lipinski definition) is 1. The van der Waals surface area contributed by atoms with E-state index >= 15 is 0 Å². The minimum Gasteiger partial charge on any atom is -0.472 e. The second-order valence-electron chi connectivity index (χ2n) is 9.20. The molecule has 176 valence electrons. The van der Waals surface area contributed by atoms with E-state index in [4.69, 9.17) is 4.74 Å². The van der Waals surface area contributed by atoms with Crippen LogP contribution >= 0.6 is 0 Å². The third-order valence-electron chi connectivity index (χ3n) is 6.44. The number of pyridine rings is 1. The van der Waals surface area contributed by atoms with E-state index in [1.54, 1.807) is 48.2 Å². The summed E-state index contributed by atoms with van der Waals surface area (Å²) in [5.74, 6) is -0.390. The van der Waals surface area contributed by atoms with Crippen LogP contribution in [0.1, 0.15) is 37.0 Å². The molecule has 0 radical (unpaired) electrons. The Morgan fingerprint density at radius 2 is 2.09 bits per heavy atom. The van der Waals surface area contributed by atoms with Gasteiger partial charge in [-0.25, -0.2) is 9.37 Å². The Labute approximate surface area is 193 Å². The van der Waals surface area contributed by atoms with Gasteiger partial charge in [-0.2, -0.15) is 0 Å². The monoisotopic (exact) mass is 455 g/mol. The fraction of sp³-hybridized carbons (Fsp3) is 0.480. The van der Waals surface area contributed by atoms with Crippen molar-refractivity contribution in [3.63, 3.8) is 0 Å². The van der Waals surface area contributed by atoms with E-state index in [-0.39, 0.29) is 53.6 Å². The molecule has 1 aliphatic heterocycles. The number of rotatable bonds is 6. The van der Waals surface area contributed by atoms with Gasteiger partial charge in [0.2, 0.25) is 11.8 Å². The van der Waals surface area contributed by atoms with Gasteiger partial charge in [-0.1, -0.05) is 19.1 Å². The van der Waals surface area contributed by atoms with E-state index < -0.39 is 6.04 Å². The van der Waals surface area contributed by atoms with Gasteiger partial charge < -0.3 is 19.6 Å². The molecule has 1 aromatic carbocycles. The van der Waals surface area contributed by atoms with Crippen LogP contribution in [0.2, 0.25) is 0 Å².